The first-order valence-electron chi connectivity index (χ1n) is 4.67. The standard InChI is InChI=1S/C11H16/c1-10-4-8-11(9-5-10)6-2-3-7-11/h4-5,8H,2-3,6-7,9H2,1H3. The molecule has 0 heterocycles. The van der Waals surface area contributed by atoms with Crippen molar-refractivity contribution in [1.82, 2.24) is 0 Å². The van der Waals surface area contributed by atoms with Gasteiger partial charge in [0.2, 0.25) is 0 Å². The Balaban J connectivity index is 2.14. The van der Waals surface area contributed by atoms with Crippen molar-refractivity contribution in [3.8, 4) is 0 Å². The summed E-state index contributed by atoms with van der Waals surface area (Å²) in [4.78, 5) is 0. The zero-order valence-corrected chi connectivity index (χ0v) is 7.27. The first-order chi connectivity index (χ1) is 5.31. The van der Waals surface area contributed by atoms with E-state index in [-0.39, 0.29) is 0 Å². The maximum Gasteiger partial charge on any atom is -0.00803 e. The third-order valence-electron chi connectivity index (χ3n) is 3.13. The van der Waals surface area contributed by atoms with Crippen LogP contribution in [0.2, 0.25) is 0 Å². The maximum absolute atomic E-state index is 2.45. The van der Waals surface area contributed by atoms with Gasteiger partial charge in [-0.1, -0.05) is 36.6 Å². The van der Waals surface area contributed by atoms with Gasteiger partial charge in [-0.2, -0.15) is 0 Å². The van der Waals surface area contributed by atoms with E-state index in [9.17, 15) is 0 Å². The van der Waals surface area contributed by atoms with Gasteiger partial charge in [0.15, 0.2) is 0 Å². The van der Waals surface area contributed by atoms with E-state index in [1.54, 1.807) is 0 Å². The molecule has 0 radical (unpaired) electrons. The molecule has 0 aromatic heterocycles. The number of rotatable bonds is 0. The van der Waals surface area contributed by atoms with E-state index >= 15 is 0 Å². The van der Waals surface area contributed by atoms with Crippen LogP contribution in [-0.2, 0) is 0 Å². The van der Waals surface area contributed by atoms with Gasteiger partial charge in [0.25, 0.3) is 0 Å². The molecule has 0 nitrogen and oxygen atoms in total. The van der Waals surface area contributed by atoms with Crippen molar-refractivity contribution in [3.05, 3.63) is 23.8 Å². The highest BCUT2D eigenvalue weighted by Crippen LogP contribution is 2.44. The fourth-order valence-corrected chi connectivity index (χ4v) is 2.26. The lowest BCUT2D eigenvalue weighted by Crippen LogP contribution is -2.13. The third-order valence-corrected chi connectivity index (χ3v) is 3.13. The molecule has 0 bridgehead atoms. The Morgan fingerprint density at radius 1 is 1.27 bits per heavy atom. The van der Waals surface area contributed by atoms with Gasteiger partial charge in [0.05, 0.1) is 0 Å². The van der Waals surface area contributed by atoms with Gasteiger partial charge in [-0.25, -0.2) is 0 Å². The second-order valence-corrected chi connectivity index (χ2v) is 4.06. The lowest BCUT2D eigenvalue weighted by molar-refractivity contribution is 0.397. The summed E-state index contributed by atoms with van der Waals surface area (Å²) in [5, 5.41) is 0. The normalized spacial score (nSPS) is 27.5. The van der Waals surface area contributed by atoms with E-state index in [1.165, 1.54) is 37.7 Å². The average Bonchev–Trinajstić information content (AvgIpc) is 2.45. The third kappa shape index (κ3) is 1.26. The monoisotopic (exact) mass is 148 g/mol. The summed E-state index contributed by atoms with van der Waals surface area (Å²) in [6.45, 7) is 2.19. The largest absolute Gasteiger partial charge is 0.0807 e. The molecule has 0 saturated heterocycles. The minimum absolute atomic E-state index is 0.597. The van der Waals surface area contributed by atoms with Crippen molar-refractivity contribution in [1.29, 1.82) is 0 Å². The van der Waals surface area contributed by atoms with E-state index in [0.717, 1.165) is 0 Å². The molecule has 0 unspecified atom stereocenters. The van der Waals surface area contributed by atoms with Gasteiger partial charge >= 0.3 is 0 Å². The molecule has 0 amide bonds. The van der Waals surface area contributed by atoms with Crippen molar-refractivity contribution in [2.45, 2.75) is 39.0 Å². The van der Waals surface area contributed by atoms with Crippen LogP contribution in [0, 0.1) is 5.41 Å². The zero-order valence-electron chi connectivity index (χ0n) is 7.27. The van der Waals surface area contributed by atoms with Crippen LogP contribution in [-0.4, -0.2) is 0 Å². The van der Waals surface area contributed by atoms with Gasteiger partial charge in [-0.15, -0.1) is 0 Å². The Bertz CT molecular complexity index is 202. The van der Waals surface area contributed by atoms with Crippen molar-refractivity contribution in [2.24, 2.45) is 5.41 Å². The Labute approximate surface area is 69.0 Å². The topological polar surface area (TPSA) is 0 Å². The average molecular weight is 148 g/mol. The Hall–Kier alpha value is -0.520. The fourth-order valence-electron chi connectivity index (χ4n) is 2.26. The molecular weight excluding hydrogens is 132 g/mol. The van der Waals surface area contributed by atoms with E-state index < -0.39 is 0 Å². The van der Waals surface area contributed by atoms with Crippen LogP contribution >= 0.6 is 0 Å². The highest BCUT2D eigenvalue weighted by Gasteiger charge is 2.30. The number of hydrogen-bond acceptors (Lipinski definition) is 0. The summed E-state index contributed by atoms with van der Waals surface area (Å²) in [5.41, 5.74) is 2.04. The highest BCUT2D eigenvalue weighted by atomic mass is 14.4. The molecule has 0 N–H and O–H groups in total. The summed E-state index contributed by atoms with van der Waals surface area (Å²) >= 11 is 0. The molecule has 2 aliphatic rings. The molecule has 0 aromatic rings. The van der Waals surface area contributed by atoms with Crippen molar-refractivity contribution in [3.63, 3.8) is 0 Å². The summed E-state index contributed by atoms with van der Waals surface area (Å²) in [6.07, 6.45) is 14.2. The predicted octanol–water partition coefficient (Wildman–Crippen LogP) is 3.45. The van der Waals surface area contributed by atoms with Crippen molar-refractivity contribution >= 4 is 0 Å². The molecule has 0 aromatic carbocycles. The molecule has 1 spiro atoms. The van der Waals surface area contributed by atoms with E-state index in [0.29, 0.717) is 5.41 Å². The Morgan fingerprint density at radius 2 is 2.00 bits per heavy atom. The van der Waals surface area contributed by atoms with E-state index in [2.05, 4.69) is 25.2 Å². The zero-order chi connectivity index (χ0) is 7.73. The molecule has 0 heteroatoms. The molecule has 2 rings (SSSR count). The molecule has 60 valence electrons. The SMILES string of the molecule is CC1=CCC2(C=C1)CCCC2. The van der Waals surface area contributed by atoms with Crippen LogP contribution in [0.1, 0.15) is 39.0 Å². The van der Waals surface area contributed by atoms with Crippen LogP contribution in [0.15, 0.2) is 23.8 Å². The molecule has 0 aliphatic heterocycles. The highest BCUT2D eigenvalue weighted by molar-refractivity contribution is 5.25. The summed E-state index contributed by atoms with van der Waals surface area (Å²) in [7, 11) is 0. The molecular formula is C11H16. The summed E-state index contributed by atoms with van der Waals surface area (Å²) < 4.78 is 0. The van der Waals surface area contributed by atoms with Crippen LogP contribution in [0.5, 0.6) is 0 Å². The quantitative estimate of drug-likeness (QED) is 0.493. The second kappa shape index (κ2) is 2.51. The smallest absolute Gasteiger partial charge is 0.00803 e. The van der Waals surface area contributed by atoms with Crippen molar-refractivity contribution < 1.29 is 0 Å². The minimum atomic E-state index is 0.597. The lowest BCUT2D eigenvalue weighted by atomic mass is 9.79. The molecule has 2 aliphatic carbocycles. The van der Waals surface area contributed by atoms with Gasteiger partial charge in [0.1, 0.15) is 0 Å². The lowest BCUT2D eigenvalue weighted by Gasteiger charge is -2.26. The number of allylic oxidation sites excluding steroid dienone is 4. The first-order valence-corrected chi connectivity index (χ1v) is 4.67. The fraction of sp³-hybridized carbons (Fsp3) is 0.636. The molecule has 11 heavy (non-hydrogen) atoms. The van der Waals surface area contributed by atoms with Gasteiger partial charge in [-0.3, -0.25) is 0 Å². The Kier molecular flexibility index (Phi) is 1.63. The Morgan fingerprint density at radius 3 is 2.55 bits per heavy atom. The van der Waals surface area contributed by atoms with Crippen LogP contribution < -0.4 is 0 Å². The van der Waals surface area contributed by atoms with Crippen LogP contribution in [0.3, 0.4) is 0 Å². The second-order valence-electron chi connectivity index (χ2n) is 4.06. The van der Waals surface area contributed by atoms with Crippen LogP contribution in [0.4, 0.5) is 0 Å². The first kappa shape index (κ1) is 7.15. The van der Waals surface area contributed by atoms with E-state index in [1.807, 2.05) is 0 Å². The predicted molar refractivity (Wildman–Crippen MR) is 48.4 cm³/mol. The van der Waals surface area contributed by atoms with Crippen LogP contribution in [0.25, 0.3) is 0 Å². The molecule has 1 fully saturated rings. The van der Waals surface area contributed by atoms with Gasteiger partial charge < -0.3 is 0 Å². The van der Waals surface area contributed by atoms with E-state index in [4.69, 9.17) is 0 Å². The molecule has 0 atom stereocenters. The number of hydrogen-bond donors (Lipinski definition) is 0. The van der Waals surface area contributed by atoms with Gasteiger partial charge in [0, 0.05) is 0 Å². The minimum Gasteiger partial charge on any atom is -0.0807 e. The summed E-state index contributed by atoms with van der Waals surface area (Å²) in [6, 6.07) is 0. The maximum atomic E-state index is 2.45. The van der Waals surface area contributed by atoms with Gasteiger partial charge in [-0.05, 0) is 31.6 Å². The summed E-state index contributed by atoms with van der Waals surface area (Å²) in [5.74, 6) is 0. The van der Waals surface area contributed by atoms with Crippen molar-refractivity contribution in [2.75, 3.05) is 0 Å². The molecule has 1 saturated carbocycles.